The molecule has 1 aliphatic carbocycles. The Morgan fingerprint density at radius 3 is 2.81 bits per heavy atom. The highest BCUT2D eigenvalue weighted by Gasteiger charge is 2.06. The van der Waals surface area contributed by atoms with Gasteiger partial charge < -0.3 is 0 Å². The van der Waals surface area contributed by atoms with Gasteiger partial charge in [-0.2, -0.15) is 10.2 Å². The molecule has 0 radical (unpaired) electrons. The van der Waals surface area contributed by atoms with Crippen LogP contribution in [0.25, 0.3) is 0 Å². The van der Waals surface area contributed by atoms with E-state index in [1.165, 1.54) is 0 Å². The van der Waals surface area contributed by atoms with E-state index in [1.807, 2.05) is 37.3 Å². The van der Waals surface area contributed by atoms with Crippen LogP contribution < -0.4 is 0 Å². The van der Waals surface area contributed by atoms with Gasteiger partial charge in [-0.3, -0.25) is 4.98 Å². The maximum Gasteiger partial charge on any atom is 0.0831 e. The smallest absolute Gasteiger partial charge is 0.0831 e. The van der Waals surface area contributed by atoms with Crippen molar-refractivity contribution in [3.8, 4) is 0 Å². The van der Waals surface area contributed by atoms with Crippen molar-refractivity contribution in [1.82, 2.24) is 4.98 Å². The number of allylic oxidation sites excluding steroid dienone is 4. The van der Waals surface area contributed by atoms with E-state index in [4.69, 9.17) is 0 Å². The van der Waals surface area contributed by atoms with Crippen molar-refractivity contribution in [3.63, 3.8) is 0 Å². The molecule has 1 aliphatic rings. The van der Waals surface area contributed by atoms with Crippen LogP contribution in [0.2, 0.25) is 0 Å². The number of hydrogen-bond donors (Lipinski definition) is 0. The number of rotatable bonds is 3. The fourth-order valence-corrected chi connectivity index (χ4v) is 1.41. The minimum absolute atomic E-state index is 0.292. The second-order valence-corrected chi connectivity index (χ2v) is 3.54. The summed E-state index contributed by atoms with van der Waals surface area (Å²) >= 11 is 0. The third kappa shape index (κ3) is 2.73. The zero-order valence-electron chi connectivity index (χ0n) is 9.12. The van der Waals surface area contributed by atoms with E-state index in [2.05, 4.69) is 27.3 Å². The molecule has 0 atom stereocenters. The first-order valence-electron chi connectivity index (χ1n) is 5.20. The van der Waals surface area contributed by atoms with Gasteiger partial charge in [-0.25, -0.2) is 0 Å². The van der Waals surface area contributed by atoms with Gasteiger partial charge in [0.1, 0.15) is 0 Å². The van der Waals surface area contributed by atoms with Gasteiger partial charge in [0.25, 0.3) is 0 Å². The standard InChI is InChI=1S/C13H13N3/c1-11(12-6-2-3-7-12)16-15-10-13-8-4-5-9-14-13/h2-10,12H,1H3/b15-10+,16-11-. The van der Waals surface area contributed by atoms with Gasteiger partial charge >= 0.3 is 0 Å². The van der Waals surface area contributed by atoms with Gasteiger partial charge in [0.2, 0.25) is 0 Å². The molecule has 0 aromatic carbocycles. The third-order valence-electron chi connectivity index (χ3n) is 2.32. The summed E-state index contributed by atoms with van der Waals surface area (Å²) in [5, 5.41) is 8.16. The molecule has 0 aliphatic heterocycles. The Labute approximate surface area is 94.9 Å². The largest absolute Gasteiger partial charge is 0.255 e. The molecule has 1 aromatic heterocycles. The normalized spacial score (nSPS) is 16.4. The highest BCUT2D eigenvalue weighted by Crippen LogP contribution is 2.10. The monoisotopic (exact) mass is 211 g/mol. The lowest BCUT2D eigenvalue weighted by Gasteiger charge is -2.00. The van der Waals surface area contributed by atoms with Gasteiger partial charge in [0, 0.05) is 17.8 Å². The van der Waals surface area contributed by atoms with Crippen LogP contribution in [-0.2, 0) is 0 Å². The van der Waals surface area contributed by atoms with E-state index in [0.29, 0.717) is 5.92 Å². The second kappa shape index (κ2) is 5.16. The number of aromatic nitrogens is 1. The van der Waals surface area contributed by atoms with E-state index in [9.17, 15) is 0 Å². The maximum atomic E-state index is 4.15. The zero-order valence-corrected chi connectivity index (χ0v) is 9.12. The second-order valence-electron chi connectivity index (χ2n) is 3.54. The fourth-order valence-electron chi connectivity index (χ4n) is 1.41. The summed E-state index contributed by atoms with van der Waals surface area (Å²) in [6, 6.07) is 5.69. The molecule has 1 aromatic rings. The molecule has 3 nitrogen and oxygen atoms in total. The van der Waals surface area contributed by atoms with E-state index in [-0.39, 0.29) is 0 Å². The summed E-state index contributed by atoms with van der Waals surface area (Å²) in [6.07, 6.45) is 11.6. The quantitative estimate of drug-likeness (QED) is 0.559. The van der Waals surface area contributed by atoms with E-state index >= 15 is 0 Å². The fraction of sp³-hybridized carbons (Fsp3) is 0.154. The molecule has 3 heteroatoms. The maximum absolute atomic E-state index is 4.15. The van der Waals surface area contributed by atoms with Crippen molar-refractivity contribution >= 4 is 11.9 Å². The van der Waals surface area contributed by atoms with E-state index in [0.717, 1.165) is 11.4 Å². The molecule has 0 bridgehead atoms. The molecule has 1 heterocycles. The number of pyridine rings is 1. The molecule has 16 heavy (non-hydrogen) atoms. The Hall–Kier alpha value is -2.03. The van der Waals surface area contributed by atoms with Gasteiger partial charge in [-0.05, 0) is 19.1 Å². The Kier molecular flexibility index (Phi) is 3.38. The van der Waals surface area contributed by atoms with Gasteiger partial charge in [0.05, 0.1) is 11.9 Å². The summed E-state index contributed by atoms with van der Waals surface area (Å²) in [5.41, 5.74) is 1.80. The first-order valence-corrected chi connectivity index (χ1v) is 5.20. The Morgan fingerprint density at radius 1 is 1.31 bits per heavy atom. The number of hydrogen-bond acceptors (Lipinski definition) is 3. The van der Waals surface area contributed by atoms with Crippen molar-refractivity contribution in [2.45, 2.75) is 6.92 Å². The minimum atomic E-state index is 0.292. The van der Waals surface area contributed by atoms with Crippen molar-refractivity contribution in [1.29, 1.82) is 0 Å². The molecule has 0 spiro atoms. The highest BCUT2D eigenvalue weighted by atomic mass is 15.2. The summed E-state index contributed by atoms with van der Waals surface area (Å²) in [7, 11) is 0. The van der Waals surface area contributed by atoms with Crippen molar-refractivity contribution in [2.24, 2.45) is 16.1 Å². The van der Waals surface area contributed by atoms with Crippen LogP contribution in [-0.4, -0.2) is 16.9 Å². The zero-order chi connectivity index (χ0) is 11.2. The molecule has 80 valence electrons. The highest BCUT2D eigenvalue weighted by molar-refractivity contribution is 5.89. The lowest BCUT2D eigenvalue weighted by atomic mass is 10.1. The molecule has 0 amide bonds. The van der Waals surface area contributed by atoms with Crippen molar-refractivity contribution < 1.29 is 0 Å². The van der Waals surface area contributed by atoms with Gasteiger partial charge in [-0.15, -0.1) is 0 Å². The van der Waals surface area contributed by atoms with E-state index in [1.54, 1.807) is 12.4 Å². The Bertz CT molecular complexity index is 443. The van der Waals surface area contributed by atoms with Gasteiger partial charge in [-0.1, -0.05) is 30.4 Å². The first-order chi connectivity index (χ1) is 7.86. The SMILES string of the molecule is C/C(=N/N=C/c1ccccn1)C1C=CC=C1. The van der Waals surface area contributed by atoms with Crippen LogP contribution in [0.15, 0.2) is 58.9 Å². The van der Waals surface area contributed by atoms with Crippen LogP contribution in [0.4, 0.5) is 0 Å². The molecular weight excluding hydrogens is 198 g/mol. The van der Waals surface area contributed by atoms with E-state index < -0.39 is 0 Å². The third-order valence-corrected chi connectivity index (χ3v) is 2.32. The van der Waals surface area contributed by atoms with Crippen LogP contribution in [0.1, 0.15) is 12.6 Å². The lowest BCUT2D eigenvalue weighted by Crippen LogP contribution is -2.02. The molecular formula is C13H13N3. The van der Waals surface area contributed by atoms with Crippen LogP contribution in [0.5, 0.6) is 0 Å². The Balaban J connectivity index is 2.00. The lowest BCUT2D eigenvalue weighted by molar-refractivity contribution is 1.09. The molecule has 2 rings (SSSR count). The molecule has 0 saturated carbocycles. The average Bonchev–Trinajstić information content (AvgIpc) is 2.84. The van der Waals surface area contributed by atoms with Crippen LogP contribution in [0, 0.1) is 5.92 Å². The Morgan fingerprint density at radius 2 is 2.12 bits per heavy atom. The predicted molar refractivity (Wildman–Crippen MR) is 66.7 cm³/mol. The molecule has 0 fully saturated rings. The van der Waals surface area contributed by atoms with Crippen LogP contribution in [0.3, 0.4) is 0 Å². The topological polar surface area (TPSA) is 37.6 Å². The summed E-state index contributed by atoms with van der Waals surface area (Å²) in [6.45, 7) is 1.97. The van der Waals surface area contributed by atoms with Gasteiger partial charge in [0.15, 0.2) is 0 Å². The van der Waals surface area contributed by atoms with Crippen molar-refractivity contribution in [2.75, 3.05) is 0 Å². The molecule has 0 saturated heterocycles. The predicted octanol–water partition coefficient (Wildman–Crippen LogP) is 2.62. The molecule has 0 N–H and O–H groups in total. The summed E-state index contributed by atoms with van der Waals surface area (Å²) < 4.78 is 0. The first kappa shape index (κ1) is 10.5. The summed E-state index contributed by atoms with van der Waals surface area (Å²) in [5.74, 6) is 0.292. The van der Waals surface area contributed by atoms with Crippen LogP contribution >= 0.6 is 0 Å². The number of nitrogens with zero attached hydrogens (tertiary/aromatic N) is 3. The van der Waals surface area contributed by atoms with Crippen molar-refractivity contribution in [3.05, 3.63) is 54.4 Å². The average molecular weight is 211 g/mol. The minimum Gasteiger partial charge on any atom is -0.255 e. The molecule has 0 unspecified atom stereocenters. The summed E-state index contributed by atoms with van der Waals surface area (Å²) in [4.78, 5) is 4.13.